The number of ether oxygens (including phenoxy) is 1. The number of benzene rings is 1. The minimum Gasteiger partial charge on any atom is -0.465 e. The van der Waals surface area contributed by atoms with Gasteiger partial charge in [-0.25, -0.2) is 4.79 Å². The molecule has 1 saturated heterocycles. The average molecular weight is 405 g/mol. The average Bonchev–Trinajstić information content (AvgIpc) is 3.23. The van der Waals surface area contributed by atoms with Crippen LogP contribution in [0.3, 0.4) is 0 Å². The van der Waals surface area contributed by atoms with Crippen LogP contribution in [0, 0.1) is 12.8 Å². The fraction of sp³-hybridized carbons (Fsp3) is 0.350. The van der Waals surface area contributed by atoms with Crippen LogP contribution < -0.4 is 4.90 Å². The van der Waals surface area contributed by atoms with Gasteiger partial charge in [-0.15, -0.1) is 0 Å². The number of carbonyl (C=O) groups is 3. The second kappa shape index (κ2) is 8.06. The summed E-state index contributed by atoms with van der Waals surface area (Å²) in [5, 5.41) is 0.586. The van der Waals surface area contributed by atoms with Crippen LogP contribution in [0.25, 0.3) is 0 Å². The van der Waals surface area contributed by atoms with Crippen LogP contribution in [0.2, 0.25) is 5.02 Å². The second-order valence-corrected chi connectivity index (χ2v) is 7.19. The molecule has 8 heteroatoms. The van der Waals surface area contributed by atoms with E-state index >= 15 is 0 Å². The summed E-state index contributed by atoms with van der Waals surface area (Å²) in [5.74, 6) is -0.263. The summed E-state index contributed by atoms with van der Waals surface area (Å²) in [7, 11) is 2.95. The van der Waals surface area contributed by atoms with Gasteiger partial charge in [0.25, 0.3) is 0 Å². The molecule has 1 aromatic heterocycles. The van der Waals surface area contributed by atoms with Gasteiger partial charge < -0.3 is 19.0 Å². The van der Waals surface area contributed by atoms with Crippen LogP contribution in [0.4, 0.5) is 5.69 Å². The van der Waals surface area contributed by atoms with Gasteiger partial charge in [-0.1, -0.05) is 11.6 Å². The Balaban J connectivity index is 1.66. The molecule has 0 spiro atoms. The van der Waals surface area contributed by atoms with Gasteiger partial charge in [0.15, 0.2) is 0 Å². The zero-order valence-corrected chi connectivity index (χ0v) is 16.7. The van der Waals surface area contributed by atoms with E-state index in [0.717, 1.165) is 5.69 Å². The zero-order valence-electron chi connectivity index (χ0n) is 15.9. The van der Waals surface area contributed by atoms with Crippen LogP contribution in [0.1, 0.15) is 28.3 Å². The van der Waals surface area contributed by atoms with Crippen LogP contribution in [0.15, 0.2) is 34.7 Å². The summed E-state index contributed by atoms with van der Waals surface area (Å²) in [5.41, 5.74) is 1.06. The predicted octanol–water partition coefficient (Wildman–Crippen LogP) is 3.04. The highest BCUT2D eigenvalue weighted by Gasteiger charge is 2.36. The Morgan fingerprint density at radius 3 is 2.64 bits per heavy atom. The van der Waals surface area contributed by atoms with Crippen molar-refractivity contribution < 1.29 is 23.5 Å². The van der Waals surface area contributed by atoms with Crippen LogP contribution in [0.5, 0.6) is 0 Å². The van der Waals surface area contributed by atoms with E-state index < -0.39 is 11.9 Å². The lowest BCUT2D eigenvalue weighted by atomic mass is 10.1. The Morgan fingerprint density at radius 2 is 2.00 bits per heavy atom. The van der Waals surface area contributed by atoms with Crippen molar-refractivity contribution in [1.29, 1.82) is 0 Å². The van der Waals surface area contributed by atoms with Crippen molar-refractivity contribution in [3.8, 4) is 0 Å². The maximum absolute atomic E-state index is 12.8. The van der Waals surface area contributed by atoms with Gasteiger partial charge in [0.2, 0.25) is 11.8 Å². The molecule has 3 rings (SSSR count). The van der Waals surface area contributed by atoms with Crippen molar-refractivity contribution in [3.05, 3.63) is 52.4 Å². The molecule has 28 heavy (non-hydrogen) atoms. The highest BCUT2D eigenvalue weighted by Crippen LogP contribution is 2.27. The molecule has 0 saturated carbocycles. The lowest BCUT2D eigenvalue weighted by molar-refractivity contribution is -0.135. The standard InChI is InChI=1S/C20H21ClN2O5/c1-12-17(20(26)27-3)9-16(28-12)11-22(2)19(25)13-8-18(24)23(10-13)15-6-4-14(21)5-7-15/h4-7,9,13H,8,10-11H2,1-3H3. The molecular formula is C20H21ClN2O5. The first kappa shape index (κ1) is 19.9. The van der Waals surface area contributed by atoms with E-state index in [4.69, 9.17) is 20.8 Å². The minimum atomic E-state index is -0.485. The quantitative estimate of drug-likeness (QED) is 0.715. The molecule has 1 aliphatic rings. The zero-order chi connectivity index (χ0) is 20.4. The van der Waals surface area contributed by atoms with Crippen LogP contribution in [-0.2, 0) is 20.9 Å². The van der Waals surface area contributed by atoms with Crippen molar-refractivity contribution in [1.82, 2.24) is 4.90 Å². The van der Waals surface area contributed by atoms with Gasteiger partial charge in [0.05, 0.1) is 19.6 Å². The molecule has 2 aromatic rings. The molecule has 1 aliphatic heterocycles. The van der Waals surface area contributed by atoms with Gasteiger partial charge in [-0.05, 0) is 37.3 Å². The number of carbonyl (C=O) groups excluding carboxylic acids is 3. The van der Waals surface area contributed by atoms with Crippen molar-refractivity contribution in [2.45, 2.75) is 19.9 Å². The predicted molar refractivity (Wildman–Crippen MR) is 103 cm³/mol. The summed E-state index contributed by atoms with van der Waals surface area (Å²) in [6.07, 6.45) is 0.149. The Bertz CT molecular complexity index is 906. The van der Waals surface area contributed by atoms with E-state index in [-0.39, 0.29) is 24.8 Å². The third kappa shape index (κ3) is 4.04. The van der Waals surface area contributed by atoms with E-state index in [0.29, 0.717) is 28.7 Å². The number of hydrogen-bond acceptors (Lipinski definition) is 5. The molecule has 0 N–H and O–H groups in total. The molecule has 1 fully saturated rings. The smallest absolute Gasteiger partial charge is 0.341 e. The number of amides is 2. The third-order valence-electron chi connectivity index (χ3n) is 4.76. The lowest BCUT2D eigenvalue weighted by Gasteiger charge is -2.20. The summed E-state index contributed by atoms with van der Waals surface area (Å²) >= 11 is 5.89. The molecule has 2 amide bonds. The van der Waals surface area contributed by atoms with Crippen molar-refractivity contribution in [2.24, 2.45) is 5.92 Å². The number of methoxy groups -OCH3 is 1. The van der Waals surface area contributed by atoms with Crippen LogP contribution in [-0.4, -0.2) is 43.4 Å². The summed E-state index contributed by atoms with van der Waals surface area (Å²) in [6, 6.07) is 8.52. The first-order valence-electron chi connectivity index (χ1n) is 8.78. The van der Waals surface area contributed by atoms with Gasteiger partial charge in [-0.3, -0.25) is 9.59 Å². The Hall–Kier alpha value is -2.80. The van der Waals surface area contributed by atoms with Gasteiger partial charge >= 0.3 is 5.97 Å². The number of anilines is 1. The van der Waals surface area contributed by atoms with E-state index in [9.17, 15) is 14.4 Å². The first-order valence-corrected chi connectivity index (χ1v) is 9.16. The molecule has 7 nitrogen and oxygen atoms in total. The summed E-state index contributed by atoms with van der Waals surface area (Å²) in [6.45, 7) is 2.17. The van der Waals surface area contributed by atoms with Gasteiger partial charge in [0, 0.05) is 30.7 Å². The topological polar surface area (TPSA) is 80.1 Å². The first-order chi connectivity index (χ1) is 13.3. The number of halogens is 1. The highest BCUT2D eigenvalue weighted by atomic mass is 35.5. The van der Waals surface area contributed by atoms with Crippen molar-refractivity contribution >= 4 is 35.1 Å². The molecule has 1 atom stereocenters. The molecule has 0 radical (unpaired) electrons. The number of nitrogens with zero attached hydrogens (tertiary/aromatic N) is 2. The lowest BCUT2D eigenvalue weighted by Crippen LogP contribution is -2.34. The maximum Gasteiger partial charge on any atom is 0.341 e. The van der Waals surface area contributed by atoms with Gasteiger partial charge in [-0.2, -0.15) is 0 Å². The number of aryl methyl sites for hydroxylation is 1. The van der Waals surface area contributed by atoms with Gasteiger partial charge in [0.1, 0.15) is 17.1 Å². The molecule has 1 unspecified atom stereocenters. The number of esters is 1. The fourth-order valence-corrected chi connectivity index (χ4v) is 3.43. The number of furan rings is 1. The molecule has 1 aromatic carbocycles. The Kier molecular flexibility index (Phi) is 5.74. The van der Waals surface area contributed by atoms with E-state index in [1.807, 2.05) is 0 Å². The van der Waals surface area contributed by atoms with Crippen molar-refractivity contribution in [2.75, 3.05) is 25.6 Å². The van der Waals surface area contributed by atoms with E-state index in [1.54, 1.807) is 49.2 Å². The van der Waals surface area contributed by atoms with Crippen molar-refractivity contribution in [3.63, 3.8) is 0 Å². The Labute approximate surface area is 167 Å². The monoisotopic (exact) mass is 404 g/mol. The fourth-order valence-electron chi connectivity index (χ4n) is 3.30. The SMILES string of the molecule is COC(=O)c1cc(CN(C)C(=O)C2CC(=O)N(c3ccc(Cl)cc3)C2)oc1C. The molecular weight excluding hydrogens is 384 g/mol. The normalized spacial score (nSPS) is 16.4. The molecule has 2 heterocycles. The summed E-state index contributed by atoms with van der Waals surface area (Å²) in [4.78, 5) is 40.0. The molecule has 148 valence electrons. The largest absolute Gasteiger partial charge is 0.465 e. The number of rotatable bonds is 5. The molecule has 0 aliphatic carbocycles. The molecule has 0 bridgehead atoms. The number of hydrogen-bond donors (Lipinski definition) is 0. The Morgan fingerprint density at radius 1 is 1.32 bits per heavy atom. The van der Waals surface area contributed by atoms with Crippen LogP contribution >= 0.6 is 11.6 Å². The maximum atomic E-state index is 12.8. The third-order valence-corrected chi connectivity index (χ3v) is 5.01. The second-order valence-electron chi connectivity index (χ2n) is 6.75. The van der Waals surface area contributed by atoms with E-state index in [2.05, 4.69) is 0 Å². The minimum absolute atomic E-state index is 0.101. The van der Waals surface area contributed by atoms with E-state index in [1.165, 1.54) is 12.0 Å². The summed E-state index contributed by atoms with van der Waals surface area (Å²) < 4.78 is 10.3. The highest BCUT2D eigenvalue weighted by molar-refractivity contribution is 6.30.